The summed E-state index contributed by atoms with van der Waals surface area (Å²) in [4.78, 5) is 13.0. The molecule has 1 aromatic carbocycles. The van der Waals surface area contributed by atoms with Gasteiger partial charge in [-0.25, -0.2) is 4.79 Å². The third-order valence-corrected chi connectivity index (χ3v) is 4.07. The van der Waals surface area contributed by atoms with Gasteiger partial charge in [0.2, 0.25) is 0 Å². The Morgan fingerprint density at radius 2 is 2.25 bits per heavy atom. The molecule has 0 amide bonds. The summed E-state index contributed by atoms with van der Waals surface area (Å²) in [6, 6.07) is 6.72. The molecule has 108 valence electrons. The van der Waals surface area contributed by atoms with Crippen molar-refractivity contribution in [3.05, 3.63) is 34.3 Å². The van der Waals surface area contributed by atoms with Crippen LogP contribution in [0.25, 0.3) is 6.08 Å². The van der Waals surface area contributed by atoms with Crippen molar-refractivity contribution in [1.82, 2.24) is 0 Å². The van der Waals surface area contributed by atoms with E-state index >= 15 is 0 Å². The summed E-state index contributed by atoms with van der Waals surface area (Å²) in [6.07, 6.45) is 7.72. The number of unbranched alkanes of at least 4 members (excludes halogenated alkanes) is 1. The van der Waals surface area contributed by atoms with Crippen LogP contribution < -0.4 is 4.90 Å². The Bertz CT molecular complexity index is 509. The van der Waals surface area contributed by atoms with E-state index in [0.717, 1.165) is 22.7 Å². The Labute approximate surface area is 128 Å². The third kappa shape index (κ3) is 4.10. The van der Waals surface area contributed by atoms with Crippen LogP contribution in [0.5, 0.6) is 0 Å². The van der Waals surface area contributed by atoms with Gasteiger partial charge in [-0.3, -0.25) is 0 Å². The van der Waals surface area contributed by atoms with E-state index in [1.807, 2.05) is 12.1 Å². The van der Waals surface area contributed by atoms with Crippen LogP contribution in [0.1, 0.15) is 38.2 Å². The summed E-state index contributed by atoms with van der Waals surface area (Å²) in [7, 11) is 0. The first kappa shape index (κ1) is 15.1. The quantitative estimate of drug-likeness (QED) is 0.753. The first-order valence-corrected chi connectivity index (χ1v) is 7.88. The molecule has 1 aromatic rings. The van der Waals surface area contributed by atoms with Crippen LogP contribution in [0.15, 0.2) is 28.7 Å². The van der Waals surface area contributed by atoms with E-state index in [2.05, 4.69) is 33.8 Å². The fraction of sp³-hybridized carbons (Fsp3) is 0.438. The lowest BCUT2D eigenvalue weighted by Crippen LogP contribution is -2.27. The van der Waals surface area contributed by atoms with Gasteiger partial charge in [0.1, 0.15) is 0 Å². The molecule has 1 fully saturated rings. The van der Waals surface area contributed by atoms with E-state index in [1.54, 1.807) is 6.08 Å². The van der Waals surface area contributed by atoms with Gasteiger partial charge in [0.05, 0.1) is 5.69 Å². The van der Waals surface area contributed by atoms with Gasteiger partial charge in [0, 0.05) is 23.1 Å². The second-order valence-corrected chi connectivity index (χ2v) is 6.01. The van der Waals surface area contributed by atoms with Gasteiger partial charge in [-0.2, -0.15) is 0 Å². The highest BCUT2D eigenvalue weighted by atomic mass is 79.9. The van der Waals surface area contributed by atoms with E-state index in [9.17, 15) is 4.79 Å². The molecule has 0 bridgehead atoms. The van der Waals surface area contributed by atoms with Gasteiger partial charge >= 0.3 is 5.97 Å². The van der Waals surface area contributed by atoms with Gasteiger partial charge in [-0.15, -0.1) is 0 Å². The highest BCUT2D eigenvalue weighted by Crippen LogP contribution is 2.36. The van der Waals surface area contributed by atoms with E-state index in [0.29, 0.717) is 6.04 Å². The maximum absolute atomic E-state index is 10.5. The number of hydrogen-bond donors (Lipinski definition) is 1. The standard InChI is InChI=1S/C16H20BrNO2/c1-2-3-10-18(13-6-7-13)15-8-4-12(11-14(15)17)5-9-16(19)20/h4-5,8-9,11,13H,2-3,6-7,10H2,1H3,(H,19,20)/b9-5+. The molecule has 3 nitrogen and oxygen atoms in total. The predicted octanol–water partition coefficient (Wildman–Crippen LogP) is 4.32. The molecule has 20 heavy (non-hydrogen) atoms. The van der Waals surface area contributed by atoms with Crippen molar-refractivity contribution in [1.29, 1.82) is 0 Å². The Balaban J connectivity index is 2.16. The lowest BCUT2D eigenvalue weighted by atomic mass is 10.1. The number of anilines is 1. The molecule has 0 aromatic heterocycles. The molecular weight excluding hydrogens is 318 g/mol. The van der Waals surface area contributed by atoms with Crippen LogP contribution >= 0.6 is 15.9 Å². The Morgan fingerprint density at radius 3 is 2.80 bits per heavy atom. The monoisotopic (exact) mass is 337 g/mol. The van der Waals surface area contributed by atoms with Crippen molar-refractivity contribution < 1.29 is 9.90 Å². The largest absolute Gasteiger partial charge is 0.478 e. The van der Waals surface area contributed by atoms with Gasteiger partial charge in [-0.1, -0.05) is 19.4 Å². The number of benzene rings is 1. The maximum atomic E-state index is 10.5. The number of hydrogen-bond acceptors (Lipinski definition) is 2. The zero-order chi connectivity index (χ0) is 14.5. The molecule has 1 saturated carbocycles. The number of nitrogens with zero attached hydrogens (tertiary/aromatic N) is 1. The molecule has 0 heterocycles. The SMILES string of the molecule is CCCCN(c1ccc(/C=C/C(=O)O)cc1Br)C1CC1. The molecule has 1 aliphatic carbocycles. The number of carbonyl (C=O) groups is 1. The van der Waals surface area contributed by atoms with Crippen LogP contribution in [-0.2, 0) is 4.79 Å². The molecule has 2 rings (SSSR count). The second kappa shape index (κ2) is 6.93. The molecule has 0 spiro atoms. The normalized spacial score (nSPS) is 14.7. The molecule has 0 saturated heterocycles. The van der Waals surface area contributed by atoms with Gasteiger partial charge in [0.25, 0.3) is 0 Å². The summed E-state index contributed by atoms with van der Waals surface area (Å²) in [5.74, 6) is -0.923. The van der Waals surface area contributed by atoms with Crippen LogP contribution in [0, 0.1) is 0 Å². The highest BCUT2D eigenvalue weighted by Gasteiger charge is 2.29. The highest BCUT2D eigenvalue weighted by molar-refractivity contribution is 9.10. The summed E-state index contributed by atoms with van der Waals surface area (Å²) in [5, 5.41) is 8.66. The molecule has 0 unspecified atom stereocenters. The fourth-order valence-corrected chi connectivity index (χ4v) is 2.87. The first-order chi connectivity index (χ1) is 9.61. The third-order valence-electron chi connectivity index (χ3n) is 3.44. The lowest BCUT2D eigenvalue weighted by molar-refractivity contribution is -0.131. The van der Waals surface area contributed by atoms with Crippen LogP contribution in [0.3, 0.4) is 0 Å². The zero-order valence-electron chi connectivity index (χ0n) is 11.7. The Morgan fingerprint density at radius 1 is 1.50 bits per heavy atom. The van der Waals surface area contributed by atoms with E-state index in [4.69, 9.17) is 5.11 Å². The maximum Gasteiger partial charge on any atom is 0.328 e. The average Bonchev–Trinajstić information content (AvgIpc) is 3.23. The Hall–Kier alpha value is -1.29. The molecule has 1 aliphatic rings. The summed E-state index contributed by atoms with van der Waals surface area (Å²) in [6.45, 7) is 3.30. The van der Waals surface area contributed by atoms with Gasteiger partial charge in [0.15, 0.2) is 0 Å². The number of aliphatic carboxylic acids is 1. The minimum Gasteiger partial charge on any atom is -0.478 e. The van der Waals surface area contributed by atoms with Gasteiger partial charge < -0.3 is 10.0 Å². The number of halogens is 1. The molecule has 0 atom stereocenters. The number of carboxylic acids is 1. The molecule has 0 radical (unpaired) electrons. The van der Waals surface area contributed by atoms with Crippen molar-refractivity contribution in [2.75, 3.05) is 11.4 Å². The van der Waals surface area contributed by atoms with Crippen LogP contribution in [0.4, 0.5) is 5.69 Å². The van der Waals surface area contributed by atoms with Crippen molar-refractivity contribution in [3.63, 3.8) is 0 Å². The van der Waals surface area contributed by atoms with E-state index in [1.165, 1.54) is 31.4 Å². The van der Waals surface area contributed by atoms with E-state index < -0.39 is 5.97 Å². The van der Waals surface area contributed by atoms with Gasteiger partial charge in [-0.05, 0) is 59.0 Å². The number of carboxylic acid groups (broad SMARTS) is 1. The average molecular weight is 338 g/mol. The summed E-state index contributed by atoms with van der Waals surface area (Å²) in [5.41, 5.74) is 2.11. The first-order valence-electron chi connectivity index (χ1n) is 7.09. The molecular formula is C16H20BrNO2. The topological polar surface area (TPSA) is 40.5 Å². The fourth-order valence-electron chi connectivity index (χ4n) is 2.24. The summed E-state index contributed by atoms with van der Waals surface area (Å²) >= 11 is 3.62. The molecule has 0 aliphatic heterocycles. The predicted molar refractivity (Wildman–Crippen MR) is 86.1 cm³/mol. The van der Waals surface area contributed by atoms with Crippen molar-refractivity contribution in [2.24, 2.45) is 0 Å². The molecule has 1 N–H and O–H groups in total. The Kier molecular flexibility index (Phi) is 5.24. The minimum absolute atomic E-state index is 0.679. The minimum atomic E-state index is -0.923. The van der Waals surface area contributed by atoms with E-state index in [-0.39, 0.29) is 0 Å². The smallest absolute Gasteiger partial charge is 0.328 e. The molecule has 4 heteroatoms. The van der Waals surface area contributed by atoms with Crippen molar-refractivity contribution >= 4 is 33.7 Å². The van der Waals surface area contributed by atoms with Crippen molar-refractivity contribution in [2.45, 2.75) is 38.6 Å². The zero-order valence-corrected chi connectivity index (χ0v) is 13.3. The summed E-state index contributed by atoms with van der Waals surface area (Å²) < 4.78 is 1.04. The van der Waals surface area contributed by atoms with Crippen LogP contribution in [-0.4, -0.2) is 23.7 Å². The number of rotatable bonds is 7. The lowest BCUT2D eigenvalue weighted by Gasteiger charge is -2.26. The second-order valence-electron chi connectivity index (χ2n) is 5.16. The van der Waals surface area contributed by atoms with Crippen LogP contribution in [0.2, 0.25) is 0 Å². The van der Waals surface area contributed by atoms with Crippen molar-refractivity contribution in [3.8, 4) is 0 Å².